The van der Waals surface area contributed by atoms with Crippen molar-refractivity contribution in [2.24, 2.45) is 5.92 Å². The van der Waals surface area contributed by atoms with E-state index in [1.807, 2.05) is 13.8 Å². The van der Waals surface area contributed by atoms with E-state index in [0.717, 1.165) is 18.4 Å². The molecule has 33 heavy (non-hydrogen) atoms. The van der Waals surface area contributed by atoms with Crippen LogP contribution in [0.5, 0.6) is 0 Å². The van der Waals surface area contributed by atoms with E-state index in [1.165, 1.54) is 4.90 Å². The Morgan fingerprint density at radius 2 is 1.70 bits per heavy atom. The summed E-state index contributed by atoms with van der Waals surface area (Å²) >= 11 is 0. The third-order valence-corrected chi connectivity index (χ3v) is 6.05. The molecule has 0 spiro atoms. The summed E-state index contributed by atoms with van der Waals surface area (Å²) in [5.41, 5.74) is 2.06. The molecular weight excluding hydrogens is 420 g/mol. The van der Waals surface area contributed by atoms with E-state index in [-0.39, 0.29) is 30.2 Å². The number of nitrogens with one attached hydrogen (secondary N) is 1. The minimum absolute atomic E-state index is 0.0644. The number of carbonyl (C=O) groups is 3. The van der Waals surface area contributed by atoms with Gasteiger partial charge in [0.25, 0.3) is 17.7 Å². The first-order valence-electron chi connectivity index (χ1n) is 11.1. The Morgan fingerprint density at radius 1 is 1.06 bits per heavy atom. The molecule has 1 aliphatic heterocycles. The fourth-order valence-corrected chi connectivity index (χ4v) is 3.95. The maximum absolute atomic E-state index is 12.9. The van der Waals surface area contributed by atoms with Gasteiger partial charge in [-0.3, -0.25) is 19.3 Å². The summed E-state index contributed by atoms with van der Waals surface area (Å²) in [5.74, 6) is 0.706. The van der Waals surface area contributed by atoms with Crippen molar-refractivity contribution in [3.8, 4) is 0 Å². The maximum atomic E-state index is 12.9. The third-order valence-electron chi connectivity index (χ3n) is 6.05. The standard InChI is InChI=1S/C25H24N4O4/c1-14(2)20(23-27-21(28-33-23)16-11-12-16)26-22(30)17-9-7-15(8-10-17)13-29-24(31)18-5-3-4-6-19(18)25(29)32/h3-10,14,16,20H,11-13H2,1-2H3,(H,26,30). The number of aromatic nitrogens is 2. The van der Waals surface area contributed by atoms with Gasteiger partial charge in [-0.2, -0.15) is 4.98 Å². The molecule has 1 saturated carbocycles. The van der Waals surface area contributed by atoms with E-state index in [0.29, 0.717) is 34.3 Å². The van der Waals surface area contributed by atoms with E-state index in [1.54, 1.807) is 48.5 Å². The highest BCUT2D eigenvalue weighted by Gasteiger charge is 2.35. The molecule has 1 unspecified atom stereocenters. The highest BCUT2D eigenvalue weighted by Crippen LogP contribution is 2.38. The number of hydrogen-bond donors (Lipinski definition) is 1. The SMILES string of the molecule is CC(C)C(NC(=O)c1ccc(CN2C(=O)c3ccccc3C2=O)cc1)c1nc(C2CC2)no1. The largest absolute Gasteiger partial charge is 0.340 e. The number of nitrogens with zero attached hydrogens (tertiary/aromatic N) is 3. The second kappa shape index (κ2) is 8.27. The Balaban J connectivity index is 1.26. The molecule has 8 nitrogen and oxygen atoms in total. The second-order valence-corrected chi connectivity index (χ2v) is 8.90. The number of rotatable bonds is 7. The third kappa shape index (κ3) is 4.04. The summed E-state index contributed by atoms with van der Waals surface area (Å²) in [4.78, 5) is 43.7. The zero-order chi connectivity index (χ0) is 23.1. The lowest BCUT2D eigenvalue weighted by atomic mass is 10.0. The lowest BCUT2D eigenvalue weighted by Crippen LogP contribution is -2.32. The molecule has 1 fully saturated rings. The maximum Gasteiger partial charge on any atom is 0.261 e. The van der Waals surface area contributed by atoms with Crippen molar-refractivity contribution in [1.82, 2.24) is 20.4 Å². The highest BCUT2D eigenvalue weighted by atomic mass is 16.5. The molecular formula is C25H24N4O4. The number of benzene rings is 2. The molecule has 3 amide bonds. The quantitative estimate of drug-likeness (QED) is 0.555. The lowest BCUT2D eigenvalue weighted by molar-refractivity contribution is 0.0641. The van der Waals surface area contributed by atoms with Crippen LogP contribution in [0.1, 0.15) is 87.0 Å². The van der Waals surface area contributed by atoms with Gasteiger partial charge in [-0.05, 0) is 48.6 Å². The summed E-state index contributed by atoms with van der Waals surface area (Å²) in [6.07, 6.45) is 2.15. The van der Waals surface area contributed by atoms with Crippen molar-refractivity contribution in [2.45, 2.75) is 45.2 Å². The molecule has 0 saturated heterocycles. The molecule has 2 aromatic carbocycles. The molecule has 1 aromatic heterocycles. The number of carbonyl (C=O) groups excluding carboxylic acids is 3. The Labute approximate surface area is 191 Å². The lowest BCUT2D eigenvalue weighted by Gasteiger charge is -2.19. The van der Waals surface area contributed by atoms with E-state index >= 15 is 0 Å². The second-order valence-electron chi connectivity index (χ2n) is 8.90. The summed E-state index contributed by atoms with van der Waals surface area (Å²) in [5, 5.41) is 7.04. The average molecular weight is 444 g/mol. The summed E-state index contributed by atoms with van der Waals surface area (Å²) < 4.78 is 5.42. The van der Waals surface area contributed by atoms with Crippen molar-refractivity contribution in [3.05, 3.63) is 82.5 Å². The number of fused-ring (bicyclic) bond motifs is 1. The Hall–Kier alpha value is -3.81. The summed E-state index contributed by atoms with van der Waals surface area (Å²) in [6, 6.07) is 13.3. The van der Waals surface area contributed by atoms with Crippen molar-refractivity contribution in [1.29, 1.82) is 0 Å². The van der Waals surface area contributed by atoms with Gasteiger partial charge >= 0.3 is 0 Å². The number of imide groups is 1. The van der Waals surface area contributed by atoms with Gasteiger partial charge in [-0.15, -0.1) is 0 Å². The minimum Gasteiger partial charge on any atom is -0.340 e. The van der Waals surface area contributed by atoms with Crippen LogP contribution >= 0.6 is 0 Å². The molecule has 168 valence electrons. The molecule has 1 atom stereocenters. The molecule has 8 heteroatoms. The monoisotopic (exact) mass is 444 g/mol. The van der Waals surface area contributed by atoms with E-state index in [4.69, 9.17) is 4.52 Å². The smallest absolute Gasteiger partial charge is 0.261 e. The first-order valence-corrected chi connectivity index (χ1v) is 11.1. The molecule has 1 N–H and O–H groups in total. The molecule has 0 bridgehead atoms. The zero-order valence-corrected chi connectivity index (χ0v) is 18.4. The Bertz CT molecular complexity index is 1190. The summed E-state index contributed by atoms with van der Waals surface area (Å²) in [7, 11) is 0. The normalized spacial score (nSPS) is 16.3. The van der Waals surface area contributed by atoms with Gasteiger partial charge in [0.2, 0.25) is 5.89 Å². The van der Waals surface area contributed by atoms with Crippen LogP contribution in [0.2, 0.25) is 0 Å². The van der Waals surface area contributed by atoms with E-state index in [2.05, 4.69) is 15.5 Å². The molecule has 2 heterocycles. The van der Waals surface area contributed by atoms with Crippen LogP contribution in [0, 0.1) is 5.92 Å². The van der Waals surface area contributed by atoms with Gasteiger partial charge < -0.3 is 9.84 Å². The average Bonchev–Trinajstić information content (AvgIpc) is 3.51. The fourth-order valence-electron chi connectivity index (χ4n) is 3.95. The van der Waals surface area contributed by atoms with Gasteiger partial charge in [0.15, 0.2) is 5.82 Å². The molecule has 3 aromatic rings. The highest BCUT2D eigenvalue weighted by molar-refractivity contribution is 6.21. The Morgan fingerprint density at radius 3 is 2.27 bits per heavy atom. The van der Waals surface area contributed by atoms with Crippen LogP contribution < -0.4 is 5.32 Å². The van der Waals surface area contributed by atoms with Gasteiger partial charge in [-0.1, -0.05) is 43.3 Å². The zero-order valence-electron chi connectivity index (χ0n) is 18.4. The van der Waals surface area contributed by atoms with E-state index in [9.17, 15) is 14.4 Å². The van der Waals surface area contributed by atoms with Crippen LogP contribution in [-0.4, -0.2) is 32.8 Å². The fraction of sp³-hybridized carbons (Fsp3) is 0.320. The Kier molecular flexibility index (Phi) is 5.28. The van der Waals surface area contributed by atoms with Crippen LogP contribution in [0.4, 0.5) is 0 Å². The predicted octanol–water partition coefficient (Wildman–Crippen LogP) is 3.87. The van der Waals surface area contributed by atoms with Crippen LogP contribution in [0.25, 0.3) is 0 Å². The number of hydrogen-bond acceptors (Lipinski definition) is 6. The van der Waals surface area contributed by atoms with Crippen LogP contribution in [-0.2, 0) is 6.54 Å². The van der Waals surface area contributed by atoms with Crippen molar-refractivity contribution in [2.75, 3.05) is 0 Å². The van der Waals surface area contributed by atoms with Crippen LogP contribution in [0.15, 0.2) is 53.1 Å². The summed E-state index contributed by atoms with van der Waals surface area (Å²) in [6.45, 7) is 4.11. The van der Waals surface area contributed by atoms with Crippen molar-refractivity contribution < 1.29 is 18.9 Å². The molecule has 2 aliphatic rings. The first-order chi connectivity index (χ1) is 15.9. The predicted molar refractivity (Wildman–Crippen MR) is 118 cm³/mol. The molecule has 1 aliphatic carbocycles. The van der Waals surface area contributed by atoms with E-state index < -0.39 is 6.04 Å². The van der Waals surface area contributed by atoms with Crippen molar-refractivity contribution in [3.63, 3.8) is 0 Å². The first kappa shape index (κ1) is 21.1. The molecule has 5 rings (SSSR count). The van der Waals surface area contributed by atoms with Crippen molar-refractivity contribution >= 4 is 17.7 Å². The minimum atomic E-state index is -0.393. The van der Waals surface area contributed by atoms with Gasteiger partial charge in [-0.25, -0.2) is 0 Å². The van der Waals surface area contributed by atoms with Gasteiger partial charge in [0.1, 0.15) is 6.04 Å². The number of amides is 3. The topological polar surface area (TPSA) is 105 Å². The van der Waals surface area contributed by atoms with Gasteiger partial charge in [0, 0.05) is 11.5 Å². The molecule has 0 radical (unpaired) electrons. The van der Waals surface area contributed by atoms with Crippen LogP contribution in [0.3, 0.4) is 0 Å². The van der Waals surface area contributed by atoms with Gasteiger partial charge in [0.05, 0.1) is 17.7 Å².